The maximum atomic E-state index is 12.7. The number of aryl methyl sites for hydroxylation is 2. The molecule has 2 heteroatoms. The molecular formula is C20H21NO. The maximum Gasteiger partial charge on any atom is 0.252 e. The highest BCUT2D eigenvalue weighted by atomic mass is 16.1. The van der Waals surface area contributed by atoms with Crippen molar-refractivity contribution in [2.75, 3.05) is 0 Å². The molecule has 1 aliphatic heterocycles. The normalized spacial score (nSPS) is 18.3. The number of nitrogens with one attached hydrogen (secondary N) is 1. The number of amides is 1. The van der Waals surface area contributed by atoms with Gasteiger partial charge < -0.3 is 5.32 Å². The van der Waals surface area contributed by atoms with Gasteiger partial charge >= 0.3 is 0 Å². The van der Waals surface area contributed by atoms with E-state index < -0.39 is 0 Å². The van der Waals surface area contributed by atoms with E-state index >= 15 is 0 Å². The summed E-state index contributed by atoms with van der Waals surface area (Å²) in [5.41, 5.74) is 6.54. The lowest BCUT2D eigenvalue weighted by atomic mass is 9.84. The van der Waals surface area contributed by atoms with Gasteiger partial charge in [0.15, 0.2) is 0 Å². The van der Waals surface area contributed by atoms with E-state index in [1.54, 1.807) is 0 Å². The Kier molecular flexibility index (Phi) is 3.84. The summed E-state index contributed by atoms with van der Waals surface area (Å²) in [4.78, 5) is 12.7. The molecule has 0 saturated heterocycles. The number of rotatable bonds is 2. The van der Waals surface area contributed by atoms with E-state index in [-0.39, 0.29) is 11.9 Å². The van der Waals surface area contributed by atoms with Gasteiger partial charge in [0.05, 0.1) is 5.57 Å². The quantitative estimate of drug-likeness (QED) is 0.886. The van der Waals surface area contributed by atoms with Crippen molar-refractivity contribution in [1.29, 1.82) is 0 Å². The number of benzene rings is 2. The minimum absolute atomic E-state index is 0.0336. The number of hydrogen-bond donors (Lipinski definition) is 1. The topological polar surface area (TPSA) is 29.1 Å². The Morgan fingerprint density at radius 2 is 1.45 bits per heavy atom. The molecule has 0 aromatic heterocycles. The standard InChI is InChI=1S/C20H21NO/c1-13-8-4-6-10-16(13)18-12-15(3)21-20(22)19(18)17-11-7-5-9-14(17)2/h4-11,15H,12H2,1-3H3,(H,21,22). The predicted octanol–water partition coefficient (Wildman–Crippen LogP) is 4.12. The van der Waals surface area contributed by atoms with Crippen LogP contribution in [0.15, 0.2) is 48.5 Å². The van der Waals surface area contributed by atoms with Crippen molar-refractivity contribution in [1.82, 2.24) is 5.32 Å². The molecule has 1 atom stereocenters. The minimum atomic E-state index is 0.0336. The van der Waals surface area contributed by atoms with Gasteiger partial charge in [-0.1, -0.05) is 48.5 Å². The molecule has 0 aliphatic carbocycles. The van der Waals surface area contributed by atoms with E-state index in [0.717, 1.165) is 28.7 Å². The Morgan fingerprint density at radius 1 is 0.909 bits per heavy atom. The third-order valence-electron chi connectivity index (χ3n) is 4.30. The number of hydrogen-bond acceptors (Lipinski definition) is 1. The fourth-order valence-electron chi connectivity index (χ4n) is 3.19. The second-order valence-electron chi connectivity index (χ2n) is 6.06. The molecule has 0 radical (unpaired) electrons. The zero-order valence-corrected chi connectivity index (χ0v) is 13.3. The molecule has 112 valence electrons. The molecule has 1 unspecified atom stereocenters. The second-order valence-corrected chi connectivity index (χ2v) is 6.06. The van der Waals surface area contributed by atoms with Crippen molar-refractivity contribution < 1.29 is 4.79 Å². The van der Waals surface area contributed by atoms with Crippen LogP contribution in [-0.4, -0.2) is 11.9 Å². The molecule has 22 heavy (non-hydrogen) atoms. The van der Waals surface area contributed by atoms with Crippen molar-refractivity contribution >= 4 is 17.1 Å². The third kappa shape index (κ3) is 2.57. The maximum absolute atomic E-state index is 12.7. The molecule has 1 N–H and O–H groups in total. The van der Waals surface area contributed by atoms with E-state index in [1.165, 1.54) is 11.1 Å². The van der Waals surface area contributed by atoms with Crippen LogP contribution in [0.4, 0.5) is 0 Å². The second kappa shape index (κ2) is 5.80. The first-order valence-electron chi connectivity index (χ1n) is 7.74. The van der Waals surface area contributed by atoms with Crippen LogP contribution in [0.5, 0.6) is 0 Å². The van der Waals surface area contributed by atoms with Gasteiger partial charge in [0.2, 0.25) is 0 Å². The summed E-state index contributed by atoms with van der Waals surface area (Å²) in [7, 11) is 0. The molecule has 2 nitrogen and oxygen atoms in total. The van der Waals surface area contributed by atoms with Crippen molar-refractivity contribution in [3.8, 4) is 0 Å². The SMILES string of the molecule is Cc1ccccc1C1=C(c2ccccc2C)C(=O)NC(C)C1. The van der Waals surface area contributed by atoms with Gasteiger partial charge in [0.1, 0.15) is 0 Å². The van der Waals surface area contributed by atoms with Crippen LogP contribution in [0.1, 0.15) is 35.6 Å². The molecule has 1 aliphatic rings. The molecule has 1 heterocycles. The average Bonchev–Trinajstić information content (AvgIpc) is 2.48. The Hall–Kier alpha value is -2.35. The van der Waals surface area contributed by atoms with Crippen molar-refractivity contribution in [3.05, 3.63) is 70.8 Å². The van der Waals surface area contributed by atoms with Gasteiger partial charge in [0.25, 0.3) is 5.91 Å². The summed E-state index contributed by atoms with van der Waals surface area (Å²) < 4.78 is 0. The first-order valence-corrected chi connectivity index (χ1v) is 7.74. The van der Waals surface area contributed by atoms with Crippen LogP contribution in [0.2, 0.25) is 0 Å². The number of carbonyl (C=O) groups is 1. The Labute approximate surface area is 131 Å². The van der Waals surface area contributed by atoms with Crippen LogP contribution >= 0.6 is 0 Å². The first-order chi connectivity index (χ1) is 10.6. The van der Waals surface area contributed by atoms with Crippen LogP contribution in [0.3, 0.4) is 0 Å². The van der Waals surface area contributed by atoms with Gasteiger partial charge in [-0.15, -0.1) is 0 Å². The van der Waals surface area contributed by atoms with E-state index in [1.807, 2.05) is 30.3 Å². The van der Waals surface area contributed by atoms with Crippen LogP contribution < -0.4 is 5.32 Å². The Balaban J connectivity index is 2.28. The summed E-state index contributed by atoms with van der Waals surface area (Å²) in [6.45, 7) is 6.23. The average molecular weight is 291 g/mol. The summed E-state index contributed by atoms with van der Waals surface area (Å²) in [6.07, 6.45) is 0.861. The molecule has 0 fully saturated rings. The van der Waals surface area contributed by atoms with Crippen molar-refractivity contribution in [2.45, 2.75) is 33.2 Å². The molecule has 2 aromatic rings. The Bertz CT molecular complexity index is 758. The van der Waals surface area contributed by atoms with Crippen LogP contribution in [-0.2, 0) is 4.79 Å². The minimum Gasteiger partial charge on any atom is -0.349 e. The fraction of sp³-hybridized carbons (Fsp3) is 0.250. The highest BCUT2D eigenvalue weighted by molar-refractivity contribution is 6.28. The largest absolute Gasteiger partial charge is 0.349 e. The smallest absolute Gasteiger partial charge is 0.252 e. The highest BCUT2D eigenvalue weighted by Gasteiger charge is 2.27. The molecule has 0 bridgehead atoms. The van der Waals surface area contributed by atoms with E-state index in [2.05, 4.69) is 44.3 Å². The first kappa shape index (κ1) is 14.6. The molecule has 1 amide bonds. The van der Waals surface area contributed by atoms with E-state index in [0.29, 0.717) is 0 Å². The lowest BCUT2D eigenvalue weighted by Gasteiger charge is -2.27. The predicted molar refractivity (Wildman–Crippen MR) is 91.4 cm³/mol. The summed E-state index contributed by atoms with van der Waals surface area (Å²) in [6, 6.07) is 16.6. The van der Waals surface area contributed by atoms with Gasteiger partial charge in [0, 0.05) is 6.04 Å². The summed E-state index contributed by atoms with van der Waals surface area (Å²) in [5, 5.41) is 3.08. The third-order valence-corrected chi connectivity index (χ3v) is 4.30. The van der Waals surface area contributed by atoms with Gasteiger partial charge in [-0.05, 0) is 55.0 Å². The van der Waals surface area contributed by atoms with Crippen molar-refractivity contribution in [2.24, 2.45) is 0 Å². The lowest BCUT2D eigenvalue weighted by molar-refractivity contribution is -0.116. The van der Waals surface area contributed by atoms with E-state index in [4.69, 9.17) is 0 Å². The van der Waals surface area contributed by atoms with Gasteiger partial charge in [-0.3, -0.25) is 4.79 Å². The van der Waals surface area contributed by atoms with Crippen LogP contribution in [0.25, 0.3) is 11.1 Å². The van der Waals surface area contributed by atoms with Crippen molar-refractivity contribution in [3.63, 3.8) is 0 Å². The monoisotopic (exact) mass is 291 g/mol. The molecule has 3 rings (SSSR count). The fourth-order valence-corrected chi connectivity index (χ4v) is 3.19. The molecular weight excluding hydrogens is 270 g/mol. The zero-order valence-electron chi connectivity index (χ0n) is 13.3. The van der Waals surface area contributed by atoms with Crippen LogP contribution in [0, 0.1) is 13.8 Å². The van der Waals surface area contributed by atoms with E-state index in [9.17, 15) is 4.79 Å². The highest BCUT2D eigenvalue weighted by Crippen LogP contribution is 2.35. The molecule has 0 saturated carbocycles. The van der Waals surface area contributed by atoms with Gasteiger partial charge in [-0.25, -0.2) is 0 Å². The lowest BCUT2D eigenvalue weighted by Crippen LogP contribution is -2.37. The Morgan fingerprint density at radius 3 is 2.05 bits per heavy atom. The van der Waals surface area contributed by atoms with Gasteiger partial charge in [-0.2, -0.15) is 0 Å². The molecule has 0 spiro atoms. The molecule has 2 aromatic carbocycles. The number of carbonyl (C=O) groups excluding carboxylic acids is 1. The summed E-state index contributed by atoms with van der Waals surface area (Å²) in [5.74, 6) is 0.0336. The zero-order chi connectivity index (χ0) is 15.7. The summed E-state index contributed by atoms with van der Waals surface area (Å²) >= 11 is 0.